The number of hydrogen-bond acceptors (Lipinski definition) is 5. The van der Waals surface area contributed by atoms with Gasteiger partial charge in [-0.2, -0.15) is 10.2 Å². The van der Waals surface area contributed by atoms with Crippen molar-refractivity contribution in [3.05, 3.63) is 65.9 Å². The summed E-state index contributed by atoms with van der Waals surface area (Å²) in [7, 11) is 0. The molecule has 0 aliphatic heterocycles. The quantitative estimate of drug-likeness (QED) is 0.316. The molecule has 7 nitrogen and oxygen atoms in total. The molecule has 0 bridgehead atoms. The lowest BCUT2D eigenvalue weighted by Gasteiger charge is -2.09. The van der Waals surface area contributed by atoms with Crippen LogP contribution in [0.3, 0.4) is 0 Å². The molecule has 0 atom stereocenters. The fourth-order valence-corrected chi connectivity index (χ4v) is 2.49. The number of aromatic amines is 1. The Bertz CT molecular complexity index is 948. The van der Waals surface area contributed by atoms with Crippen LogP contribution < -0.4 is 10.2 Å². The van der Waals surface area contributed by atoms with Crippen molar-refractivity contribution in [3.63, 3.8) is 0 Å². The molecule has 3 N–H and O–H groups in total. The van der Waals surface area contributed by atoms with Crippen molar-refractivity contribution in [3.8, 4) is 22.8 Å². The number of hydrazone groups is 1. The lowest BCUT2D eigenvalue weighted by Crippen LogP contribution is -2.17. The molecule has 0 fully saturated rings. The van der Waals surface area contributed by atoms with E-state index in [1.165, 1.54) is 6.21 Å². The molecule has 28 heavy (non-hydrogen) atoms. The number of rotatable bonds is 8. The predicted molar refractivity (Wildman–Crippen MR) is 108 cm³/mol. The van der Waals surface area contributed by atoms with Crippen molar-refractivity contribution in [2.75, 3.05) is 6.61 Å². The van der Waals surface area contributed by atoms with Gasteiger partial charge < -0.3 is 9.84 Å². The van der Waals surface area contributed by atoms with Crippen molar-refractivity contribution in [1.29, 1.82) is 0 Å². The molecule has 7 heteroatoms. The molecular formula is C21H22N4O3. The zero-order valence-electron chi connectivity index (χ0n) is 15.6. The number of para-hydroxylation sites is 1. The summed E-state index contributed by atoms with van der Waals surface area (Å²) in [5, 5.41) is 20.1. The first-order chi connectivity index (χ1) is 13.7. The van der Waals surface area contributed by atoms with Gasteiger partial charge >= 0.3 is 0 Å². The molecule has 1 amide bonds. The molecule has 0 radical (unpaired) electrons. The Morgan fingerprint density at radius 3 is 2.82 bits per heavy atom. The highest BCUT2D eigenvalue weighted by molar-refractivity contribution is 5.94. The van der Waals surface area contributed by atoms with Crippen molar-refractivity contribution in [2.45, 2.75) is 19.8 Å². The molecule has 1 heterocycles. The second-order valence-corrected chi connectivity index (χ2v) is 6.16. The van der Waals surface area contributed by atoms with E-state index >= 15 is 0 Å². The number of hydrogen-bond donors (Lipinski definition) is 3. The highest BCUT2D eigenvalue weighted by Gasteiger charge is 2.13. The Morgan fingerprint density at radius 1 is 1.25 bits per heavy atom. The molecule has 0 unspecified atom stereocenters. The van der Waals surface area contributed by atoms with Gasteiger partial charge in [0, 0.05) is 5.56 Å². The zero-order chi connectivity index (χ0) is 19.8. The van der Waals surface area contributed by atoms with E-state index in [2.05, 4.69) is 27.6 Å². The van der Waals surface area contributed by atoms with Gasteiger partial charge in [-0.05, 0) is 54.4 Å². The SMILES string of the molecule is CCCCOc1ccccc1-c1cc(C(=O)N/N=C\c2ccc(O)cc2)[nH]n1. The first-order valence-electron chi connectivity index (χ1n) is 9.07. The van der Waals surface area contributed by atoms with Gasteiger partial charge in [-0.25, -0.2) is 5.43 Å². The topological polar surface area (TPSA) is 99.6 Å². The average molecular weight is 378 g/mol. The highest BCUT2D eigenvalue weighted by Crippen LogP contribution is 2.28. The molecule has 3 aromatic rings. The van der Waals surface area contributed by atoms with E-state index in [1.807, 2.05) is 24.3 Å². The molecule has 3 rings (SSSR count). The monoisotopic (exact) mass is 378 g/mol. The molecule has 0 saturated heterocycles. The molecule has 144 valence electrons. The number of nitrogens with one attached hydrogen (secondary N) is 2. The van der Waals surface area contributed by atoms with Crippen molar-refractivity contribution in [2.24, 2.45) is 5.10 Å². The van der Waals surface area contributed by atoms with E-state index in [4.69, 9.17) is 4.74 Å². The number of phenolic OH excluding ortho intramolecular Hbond substituents is 1. The minimum absolute atomic E-state index is 0.171. The van der Waals surface area contributed by atoms with Gasteiger partial charge in [0.2, 0.25) is 0 Å². The fourth-order valence-electron chi connectivity index (χ4n) is 2.49. The molecular weight excluding hydrogens is 356 g/mol. The Balaban J connectivity index is 1.66. The number of carbonyl (C=O) groups is 1. The van der Waals surface area contributed by atoms with Gasteiger partial charge in [-0.15, -0.1) is 0 Å². The third-order valence-corrected chi connectivity index (χ3v) is 4.01. The molecule has 1 aromatic heterocycles. The molecule has 2 aromatic carbocycles. The van der Waals surface area contributed by atoms with E-state index in [0.29, 0.717) is 18.0 Å². The van der Waals surface area contributed by atoms with E-state index in [0.717, 1.165) is 29.7 Å². The van der Waals surface area contributed by atoms with Crippen LogP contribution in [0.5, 0.6) is 11.5 Å². The van der Waals surface area contributed by atoms with Crippen LogP contribution >= 0.6 is 0 Å². The van der Waals surface area contributed by atoms with E-state index < -0.39 is 5.91 Å². The highest BCUT2D eigenvalue weighted by atomic mass is 16.5. The molecule has 0 saturated carbocycles. The van der Waals surface area contributed by atoms with Crippen LogP contribution in [0.15, 0.2) is 59.7 Å². The van der Waals surface area contributed by atoms with Crippen molar-refractivity contribution in [1.82, 2.24) is 15.6 Å². The van der Waals surface area contributed by atoms with E-state index in [9.17, 15) is 9.90 Å². The maximum atomic E-state index is 12.3. The summed E-state index contributed by atoms with van der Waals surface area (Å²) >= 11 is 0. The number of H-pyrrole nitrogens is 1. The van der Waals surface area contributed by atoms with Crippen LogP contribution in [0.1, 0.15) is 35.8 Å². The molecule has 0 spiro atoms. The minimum Gasteiger partial charge on any atom is -0.508 e. The maximum Gasteiger partial charge on any atom is 0.289 e. The van der Waals surface area contributed by atoms with Crippen LogP contribution in [0.25, 0.3) is 11.3 Å². The Morgan fingerprint density at radius 2 is 2.04 bits per heavy atom. The van der Waals surface area contributed by atoms with Crippen LogP contribution in [-0.2, 0) is 0 Å². The number of ether oxygens (including phenoxy) is 1. The summed E-state index contributed by atoms with van der Waals surface area (Å²) in [5.41, 5.74) is 4.94. The van der Waals surface area contributed by atoms with Gasteiger partial charge in [0.15, 0.2) is 0 Å². The Labute approximate surface area is 163 Å². The Hall–Kier alpha value is -3.61. The summed E-state index contributed by atoms with van der Waals surface area (Å²) in [5.74, 6) is 0.503. The largest absolute Gasteiger partial charge is 0.508 e. The number of aromatic nitrogens is 2. The first-order valence-corrected chi connectivity index (χ1v) is 9.07. The number of nitrogens with zero attached hydrogens (tertiary/aromatic N) is 2. The Kier molecular flexibility index (Phi) is 6.41. The summed E-state index contributed by atoms with van der Waals surface area (Å²) in [6, 6.07) is 15.7. The minimum atomic E-state index is -0.404. The van der Waals surface area contributed by atoms with Crippen molar-refractivity contribution < 1.29 is 14.6 Å². The number of phenols is 1. The molecule has 0 aliphatic carbocycles. The fraction of sp³-hybridized carbons (Fsp3) is 0.190. The number of amides is 1. The van der Waals surface area contributed by atoms with Crippen LogP contribution in [-0.4, -0.2) is 34.0 Å². The van der Waals surface area contributed by atoms with Crippen molar-refractivity contribution >= 4 is 12.1 Å². The normalized spacial score (nSPS) is 10.9. The summed E-state index contributed by atoms with van der Waals surface area (Å²) in [6.45, 7) is 2.75. The number of benzene rings is 2. The van der Waals surface area contributed by atoms with Gasteiger partial charge in [0.05, 0.1) is 18.5 Å². The van der Waals surface area contributed by atoms with Gasteiger partial charge in [-0.1, -0.05) is 25.5 Å². The van der Waals surface area contributed by atoms with Crippen LogP contribution in [0, 0.1) is 0 Å². The smallest absolute Gasteiger partial charge is 0.289 e. The number of unbranched alkanes of at least 4 members (excludes halogenated alkanes) is 1. The maximum absolute atomic E-state index is 12.3. The summed E-state index contributed by atoms with van der Waals surface area (Å²) < 4.78 is 5.83. The van der Waals surface area contributed by atoms with Crippen LogP contribution in [0.2, 0.25) is 0 Å². The van der Waals surface area contributed by atoms with Gasteiger partial charge in [0.1, 0.15) is 17.2 Å². The van der Waals surface area contributed by atoms with E-state index in [1.54, 1.807) is 30.3 Å². The summed E-state index contributed by atoms with van der Waals surface area (Å²) in [4.78, 5) is 12.3. The first kappa shape index (κ1) is 19.2. The number of aromatic hydroxyl groups is 1. The summed E-state index contributed by atoms with van der Waals surface area (Å²) in [6.07, 6.45) is 3.52. The third-order valence-electron chi connectivity index (χ3n) is 4.01. The lowest BCUT2D eigenvalue weighted by molar-refractivity contribution is 0.0950. The average Bonchev–Trinajstić information content (AvgIpc) is 3.20. The van der Waals surface area contributed by atoms with Gasteiger partial charge in [0.25, 0.3) is 5.91 Å². The second-order valence-electron chi connectivity index (χ2n) is 6.16. The van der Waals surface area contributed by atoms with E-state index in [-0.39, 0.29) is 5.75 Å². The lowest BCUT2D eigenvalue weighted by atomic mass is 10.1. The van der Waals surface area contributed by atoms with Crippen LogP contribution in [0.4, 0.5) is 0 Å². The standard InChI is InChI=1S/C21H22N4O3/c1-2-3-12-28-20-7-5-4-6-17(20)18-13-19(24-23-18)21(27)25-22-14-15-8-10-16(26)11-9-15/h4-11,13-14,26H,2-3,12H2,1H3,(H,23,24)(H,25,27)/b22-14-. The van der Waals surface area contributed by atoms with Gasteiger partial charge in [-0.3, -0.25) is 9.89 Å². The molecule has 0 aliphatic rings. The second kappa shape index (κ2) is 9.36. The zero-order valence-corrected chi connectivity index (χ0v) is 15.6. The third kappa shape index (κ3) is 4.97. The predicted octanol–water partition coefficient (Wildman–Crippen LogP) is 3.73. The number of carbonyl (C=O) groups excluding carboxylic acids is 1.